The predicted molar refractivity (Wildman–Crippen MR) is 106 cm³/mol. The molecule has 160 valence electrons. The van der Waals surface area contributed by atoms with E-state index < -0.39 is 11.9 Å². The molecule has 0 atom stereocenters. The third-order valence-corrected chi connectivity index (χ3v) is 4.91. The molecule has 0 amide bonds. The summed E-state index contributed by atoms with van der Waals surface area (Å²) in [6.45, 7) is 0.736. The third kappa shape index (κ3) is 14.4. The van der Waals surface area contributed by atoms with Crippen LogP contribution in [0.5, 0.6) is 0 Å². The van der Waals surface area contributed by atoms with E-state index in [4.69, 9.17) is 9.47 Å². The second kappa shape index (κ2) is 16.3. The Morgan fingerprint density at radius 1 is 0.429 bits per heavy atom. The largest absolute Gasteiger partial charge is 0.465 e. The van der Waals surface area contributed by atoms with Crippen molar-refractivity contribution in [2.75, 3.05) is 13.2 Å². The molecule has 6 heteroatoms. The van der Waals surface area contributed by atoms with Gasteiger partial charge in [0.15, 0.2) is 0 Å². The number of Topliss-reactive ketones (excluding diaryl/α,β-unsaturated/α-hetero) is 2. The average Bonchev–Trinajstić information content (AvgIpc) is 2.64. The molecule has 0 aliphatic carbocycles. The molecule has 0 N–H and O–H groups in total. The van der Waals surface area contributed by atoms with E-state index in [-0.39, 0.29) is 24.4 Å². The van der Waals surface area contributed by atoms with Crippen molar-refractivity contribution >= 4 is 23.5 Å². The number of carbonyl (C=O) groups is 4. The van der Waals surface area contributed by atoms with E-state index in [2.05, 4.69) is 0 Å². The fraction of sp³-hybridized carbons (Fsp3) is 0.818. The van der Waals surface area contributed by atoms with Crippen LogP contribution in [0.25, 0.3) is 0 Å². The normalized spacial score (nSPS) is 22.0. The van der Waals surface area contributed by atoms with Gasteiger partial charge in [-0.3, -0.25) is 19.2 Å². The highest BCUT2D eigenvalue weighted by Crippen LogP contribution is 2.11. The lowest BCUT2D eigenvalue weighted by atomic mass is 10.1. The first-order chi connectivity index (χ1) is 13.6. The fourth-order valence-electron chi connectivity index (χ4n) is 3.24. The lowest BCUT2D eigenvalue weighted by Crippen LogP contribution is -2.12. The molecule has 1 aliphatic heterocycles. The summed E-state index contributed by atoms with van der Waals surface area (Å²) in [5.74, 6) is -0.901. The van der Waals surface area contributed by atoms with Gasteiger partial charge >= 0.3 is 11.9 Å². The van der Waals surface area contributed by atoms with Crippen LogP contribution in [-0.2, 0) is 28.7 Å². The summed E-state index contributed by atoms with van der Waals surface area (Å²) in [4.78, 5) is 46.9. The summed E-state index contributed by atoms with van der Waals surface area (Å²) in [5.41, 5.74) is 0. The van der Waals surface area contributed by atoms with Crippen molar-refractivity contribution in [3.8, 4) is 0 Å². The zero-order valence-corrected chi connectivity index (χ0v) is 17.2. The van der Waals surface area contributed by atoms with E-state index in [9.17, 15) is 19.2 Å². The van der Waals surface area contributed by atoms with Gasteiger partial charge in [-0.1, -0.05) is 51.4 Å². The lowest BCUT2D eigenvalue weighted by Gasteiger charge is -2.06. The second-order valence-electron chi connectivity index (χ2n) is 7.61. The number of esters is 2. The minimum Gasteiger partial charge on any atom is -0.465 e. The maximum Gasteiger partial charge on any atom is 0.313 e. The standard InChI is InChI=1S/C22H36O6/c23-19-13-9-5-1-3-7-11-15-27-22(26)18-20(24)14-10-6-2-4-8-12-16-28-21(25)17-19/h1-18H2. The van der Waals surface area contributed by atoms with Crippen molar-refractivity contribution in [2.45, 2.75) is 103 Å². The maximum atomic E-state index is 11.8. The Morgan fingerprint density at radius 2 is 0.750 bits per heavy atom. The predicted octanol–water partition coefficient (Wildman–Crippen LogP) is 4.47. The molecule has 1 fully saturated rings. The van der Waals surface area contributed by atoms with Gasteiger partial charge in [-0.15, -0.1) is 0 Å². The summed E-state index contributed by atoms with van der Waals surface area (Å²) in [5, 5.41) is 0. The van der Waals surface area contributed by atoms with Crippen LogP contribution in [0, 0.1) is 0 Å². The van der Waals surface area contributed by atoms with E-state index >= 15 is 0 Å². The highest BCUT2D eigenvalue weighted by Gasteiger charge is 2.11. The zero-order chi connectivity index (χ0) is 20.5. The molecule has 1 saturated heterocycles. The van der Waals surface area contributed by atoms with Crippen molar-refractivity contribution in [3.63, 3.8) is 0 Å². The molecule has 0 aromatic heterocycles. The van der Waals surface area contributed by atoms with E-state index in [0.717, 1.165) is 77.0 Å². The van der Waals surface area contributed by atoms with Gasteiger partial charge in [0, 0.05) is 12.8 Å². The summed E-state index contributed by atoms with van der Waals surface area (Å²) >= 11 is 0. The molecule has 1 aliphatic rings. The van der Waals surface area contributed by atoms with Crippen LogP contribution in [0.3, 0.4) is 0 Å². The van der Waals surface area contributed by atoms with E-state index in [1.54, 1.807) is 0 Å². The Balaban J connectivity index is 2.29. The minimum absolute atomic E-state index is 0.0408. The molecule has 1 rings (SSSR count). The van der Waals surface area contributed by atoms with Crippen molar-refractivity contribution in [2.24, 2.45) is 0 Å². The molecular weight excluding hydrogens is 360 g/mol. The molecule has 0 spiro atoms. The summed E-state index contributed by atoms with van der Waals surface area (Å²) in [6, 6.07) is 0. The van der Waals surface area contributed by atoms with Crippen LogP contribution in [0.2, 0.25) is 0 Å². The molecular formula is C22H36O6. The first-order valence-corrected chi connectivity index (χ1v) is 10.9. The summed E-state index contributed by atoms with van der Waals surface area (Å²) in [6.07, 6.45) is 11.7. The average molecular weight is 397 g/mol. The van der Waals surface area contributed by atoms with Crippen molar-refractivity contribution < 1.29 is 28.7 Å². The number of ether oxygens (including phenoxy) is 2. The topological polar surface area (TPSA) is 86.7 Å². The Labute approximate surface area is 168 Å². The molecule has 0 unspecified atom stereocenters. The first-order valence-electron chi connectivity index (χ1n) is 10.9. The molecule has 1 heterocycles. The van der Waals surface area contributed by atoms with Gasteiger partial charge in [0.2, 0.25) is 0 Å². The number of carbonyl (C=O) groups excluding carboxylic acids is 4. The molecule has 0 aromatic carbocycles. The molecule has 0 saturated carbocycles. The van der Waals surface area contributed by atoms with Gasteiger partial charge in [-0.05, 0) is 25.7 Å². The minimum atomic E-state index is -0.410. The van der Waals surface area contributed by atoms with Crippen LogP contribution >= 0.6 is 0 Å². The molecule has 0 aromatic rings. The third-order valence-electron chi connectivity index (χ3n) is 4.91. The number of rotatable bonds is 0. The first kappa shape index (κ1) is 24.3. The summed E-state index contributed by atoms with van der Waals surface area (Å²) in [7, 11) is 0. The number of ketones is 2. The molecule has 28 heavy (non-hydrogen) atoms. The smallest absolute Gasteiger partial charge is 0.313 e. The lowest BCUT2D eigenvalue weighted by molar-refractivity contribution is -0.147. The highest BCUT2D eigenvalue weighted by atomic mass is 16.5. The Hall–Kier alpha value is -1.72. The molecule has 0 bridgehead atoms. The monoisotopic (exact) mass is 396 g/mol. The van der Waals surface area contributed by atoms with E-state index in [1.807, 2.05) is 0 Å². The number of cyclic esters (lactones) is 2. The van der Waals surface area contributed by atoms with Gasteiger partial charge < -0.3 is 9.47 Å². The maximum absolute atomic E-state index is 11.8. The number of hydrogen-bond acceptors (Lipinski definition) is 6. The Kier molecular flexibility index (Phi) is 14.1. The van der Waals surface area contributed by atoms with Crippen LogP contribution in [-0.4, -0.2) is 36.7 Å². The Morgan fingerprint density at radius 3 is 1.14 bits per heavy atom. The van der Waals surface area contributed by atoms with Gasteiger partial charge in [-0.2, -0.15) is 0 Å². The van der Waals surface area contributed by atoms with Gasteiger partial charge in [0.05, 0.1) is 13.2 Å². The zero-order valence-electron chi connectivity index (χ0n) is 17.2. The van der Waals surface area contributed by atoms with Crippen LogP contribution in [0.1, 0.15) is 103 Å². The van der Waals surface area contributed by atoms with Gasteiger partial charge in [-0.25, -0.2) is 0 Å². The quantitative estimate of drug-likeness (QED) is 0.444. The SMILES string of the molecule is O=C1CCCCCCCCOC(=O)CC(=O)CCCCCCCCOC(=O)C1. The van der Waals surface area contributed by atoms with Crippen LogP contribution in [0.15, 0.2) is 0 Å². The van der Waals surface area contributed by atoms with Crippen LogP contribution in [0.4, 0.5) is 0 Å². The number of hydrogen-bond donors (Lipinski definition) is 0. The summed E-state index contributed by atoms with van der Waals surface area (Å²) < 4.78 is 10.3. The van der Waals surface area contributed by atoms with E-state index in [0.29, 0.717) is 26.1 Å². The van der Waals surface area contributed by atoms with Crippen molar-refractivity contribution in [1.82, 2.24) is 0 Å². The van der Waals surface area contributed by atoms with Crippen molar-refractivity contribution in [1.29, 1.82) is 0 Å². The van der Waals surface area contributed by atoms with Gasteiger partial charge in [0.25, 0.3) is 0 Å². The highest BCUT2D eigenvalue weighted by molar-refractivity contribution is 5.95. The molecule has 0 radical (unpaired) electrons. The Bertz CT molecular complexity index is 401. The second-order valence-corrected chi connectivity index (χ2v) is 7.61. The van der Waals surface area contributed by atoms with E-state index in [1.165, 1.54) is 0 Å². The fourth-order valence-corrected chi connectivity index (χ4v) is 3.24. The van der Waals surface area contributed by atoms with Gasteiger partial charge in [0.1, 0.15) is 24.4 Å². The van der Waals surface area contributed by atoms with Crippen LogP contribution < -0.4 is 0 Å². The molecule has 6 nitrogen and oxygen atoms in total. The van der Waals surface area contributed by atoms with Crippen molar-refractivity contribution in [3.05, 3.63) is 0 Å².